The van der Waals surface area contributed by atoms with Gasteiger partial charge in [0, 0.05) is 24.0 Å². The van der Waals surface area contributed by atoms with Gasteiger partial charge in [-0.05, 0) is 36.7 Å². The minimum atomic E-state index is -4.90. The molecule has 1 aliphatic heterocycles. The first-order valence-electron chi connectivity index (χ1n) is 21.4. The lowest BCUT2D eigenvalue weighted by molar-refractivity contribution is -0.295. The molecule has 0 radical (unpaired) electrons. The number of ether oxygens (including phenoxy) is 1. The van der Waals surface area contributed by atoms with Gasteiger partial charge in [-0.3, -0.25) is 48.1 Å². The zero-order valence-electron chi connectivity index (χ0n) is 37.7. The Morgan fingerprint density at radius 2 is 1.76 bits per heavy atom. The van der Waals surface area contributed by atoms with E-state index in [1.165, 1.54) is 21.8 Å². The molecule has 5 aromatic rings. The van der Waals surface area contributed by atoms with Gasteiger partial charge < -0.3 is 24.2 Å². The molecule has 360 valence electrons. The number of rotatable bonds is 18. The van der Waals surface area contributed by atoms with Crippen molar-refractivity contribution >= 4 is 62.0 Å². The number of anilines is 2. The van der Waals surface area contributed by atoms with Gasteiger partial charge in [-0.25, -0.2) is 33.8 Å². The summed E-state index contributed by atoms with van der Waals surface area (Å²) in [6.45, 7) is 11.7. The van der Waals surface area contributed by atoms with E-state index in [4.69, 9.17) is 22.7 Å². The summed E-state index contributed by atoms with van der Waals surface area (Å²) < 4.78 is 65.0. The van der Waals surface area contributed by atoms with E-state index in [0.29, 0.717) is 5.56 Å². The van der Waals surface area contributed by atoms with E-state index in [-0.39, 0.29) is 52.0 Å². The quantitative estimate of drug-likeness (QED) is 0.0245. The Kier molecular flexibility index (Phi) is 14.8. The Hall–Kier alpha value is -5.39. The first kappa shape index (κ1) is 49.5. The molecular weight excluding hydrogens is 917 g/mol. The van der Waals surface area contributed by atoms with Crippen LogP contribution < -0.4 is 16.2 Å². The van der Waals surface area contributed by atoms with Crippen LogP contribution in [0.1, 0.15) is 70.1 Å². The number of benzene rings is 1. The highest BCUT2D eigenvalue weighted by Crippen LogP contribution is 2.57. The van der Waals surface area contributed by atoms with Gasteiger partial charge in [0.15, 0.2) is 55.0 Å². The first-order valence-corrected chi connectivity index (χ1v) is 25.8. The monoisotopic (exact) mass is 969 g/mol. The second-order valence-electron chi connectivity index (χ2n) is 18.0. The van der Waals surface area contributed by atoms with Crippen LogP contribution in [0.3, 0.4) is 0 Å². The van der Waals surface area contributed by atoms with Crippen LogP contribution in [0.5, 0.6) is 0 Å². The van der Waals surface area contributed by atoms with Gasteiger partial charge >= 0.3 is 7.82 Å². The smallest absolute Gasteiger partial charge is 0.411 e. The van der Waals surface area contributed by atoms with Gasteiger partial charge in [-0.15, -0.1) is 0 Å². The number of nitriles is 1. The van der Waals surface area contributed by atoms with E-state index in [1.54, 1.807) is 44.2 Å². The SMILES string of the molecule is CC(C)C(=O)Nc1nc2c(ncn2[C@@H]2C[C@H](CO)[C@@H](O[Si](C)(C)C(C)(C)C)[C@H]2OP(=O)(OCCC#N)OC[C@H]2O[C@@H](n3cnc4c(NC(=O)c5ccccc5)ncnc43)[C@H](F)[C@@H]2OO)c(=O)[nH]1. The number of aromatic nitrogens is 8. The van der Waals surface area contributed by atoms with E-state index in [0.717, 1.165) is 6.33 Å². The van der Waals surface area contributed by atoms with Crippen LogP contribution in [0.4, 0.5) is 16.2 Å². The van der Waals surface area contributed by atoms with Crippen LogP contribution in [-0.2, 0) is 37.0 Å². The number of H-pyrrole nitrogens is 1. The lowest BCUT2D eigenvalue weighted by atomic mass is 10.1. The molecule has 26 heteroatoms. The Bertz CT molecular complexity index is 2730. The molecule has 23 nitrogen and oxygen atoms in total. The zero-order chi connectivity index (χ0) is 48.4. The predicted octanol–water partition coefficient (Wildman–Crippen LogP) is 5.28. The molecule has 1 saturated heterocycles. The van der Waals surface area contributed by atoms with Gasteiger partial charge in [0.05, 0.1) is 50.5 Å². The number of nitrogens with one attached hydrogen (secondary N) is 3. The third-order valence-corrected chi connectivity index (χ3v) is 18.1. The molecule has 5 heterocycles. The van der Waals surface area contributed by atoms with Crippen molar-refractivity contribution in [1.82, 2.24) is 39.0 Å². The summed E-state index contributed by atoms with van der Waals surface area (Å²) in [6.07, 6.45) is -5.65. The van der Waals surface area contributed by atoms with Gasteiger partial charge in [-0.2, -0.15) is 10.2 Å². The number of aliphatic hydroxyl groups is 1. The summed E-state index contributed by atoms with van der Waals surface area (Å²) in [5, 5.41) is 35.1. The number of aromatic amines is 1. The topological polar surface area (TPSA) is 302 Å². The van der Waals surface area contributed by atoms with Crippen molar-refractivity contribution < 1.29 is 56.5 Å². The Morgan fingerprint density at radius 1 is 1.04 bits per heavy atom. The maximum absolute atomic E-state index is 16.3. The number of aliphatic hydroxyl groups excluding tert-OH is 1. The van der Waals surface area contributed by atoms with Gasteiger partial charge in [-0.1, -0.05) is 52.8 Å². The van der Waals surface area contributed by atoms with E-state index in [1.807, 2.05) is 39.9 Å². The molecule has 2 amide bonds. The molecule has 1 aliphatic carbocycles. The van der Waals surface area contributed by atoms with Crippen molar-refractivity contribution in [1.29, 1.82) is 5.26 Å². The predicted molar refractivity (Wildman–Crippen MR) is 239 cm³/mol. The summed E-state index contributed by atoms with van der Waals surface area (Å²) in [6, 6.07) is 9.34. The summed E-state index contributed by atoms with van der Waals surface area (Å²) in [5.74, 6) is -2.12. The highest BCUT2D eigenvalue weighted by atomic mass is 31.2. The normalized spacial score (nSPS) is 24.3. The number of carbonyl (C=O) groups excluding carboxylic acids is 2. The summed E-state index contributed by atoms with van der Waals surface area (Å²) in [5.41, 5.74) is -0.229. The molecule has 2 aliphatic rings. The van der Waals surface area contributed by atoms with Gasteiger partial charge in [0.2, 0.25) is 11.9 Å². The molecule has 7 rings (SSSR count). The van der Waals surface area contributed by atoms with Crippen LogP contribution in [0.25, 0.3) is 22.3 Å². The fourth-order valence-corrected chi connectivity index (χ4v) is 10.3. The van der Waals surface area contributed by atoms with E-state index >= 15 is 8.96 Å². The van der Waals surface area contributed by atoms with Crippen LogP contribution >= 0.6 is 7.82 Å². The second kappa shape index (κ2) is 20.1. The number of phosphoric acid groups is 1. The number of phosphoric ester groups is 1. The average molecular weight is 970 g/mol. The van der Waals surface area contributed by atoms with Crippen molar-refractivity contribution in [2.45, 2.75) is 108 Å². The summed E-state index contributed by atoms with van der Waals surface area (Å²) in [7, 11) is -7.62. The molecule has 4 aromatic heterocycles. The fourth-order valence-electron chi connectivity index (χ4n) is 7.51. The van der Waals surface area contributed by atoms with Crippen molar-refractivity contribution in [3.05, 3.63) is 65.2 Å². The number of fused-ring (bicyclic) bond motifs is 2. The van der Waals surface area contributed by atoms with Crippen molar-refractivity contribution in [3.63, 3.8) is 0 Å². The largest absolute Gasteiger partial charge is 0.475 e. The molecule has 0 spiro atoms. The van der Waals surface area contributed by atoms with Crippen molar-refractivity contribution in [2.24, 2.45) is 11.8 Å². The van der Waals surface area contributed by atoms with Crippen LogP contribution in [0.2, 0.25) is 18.1 Å². The molecule has 67 heavy (non-hydrogen) atoms. The fraction of sp³-hybridized carbons (Fsp3) is 0.537. The maximum Gasteiger partial charge on any atom is 0.475 e. The van der Waals surface area contributed by atoms with Gasteiger partial charge in [0.25, 0.3) is 11.5 Å². The highest BCUT2D eigenvalue weighted by Gasteiger charge is 2.54. The van der Waals surface area contributed by atoms with Crippen LogP contribution in [0.15, 0.2) is 54.1 Å². The highest BCUT2D eigenvalue weighted by molar-refractivity contribution is 7.48. The van der Waals surface area contributed by atoms with Crippen LogP contribution in [0, 0.1) is 23.2 Å². The van der Waals surface area contributed by atoms with Crippen LogP contribution in [-0.4, -0.2) is 120 Å². The first-order chi connectivity index (χ1) is 31.8. The lowest BCUT2D eigenvalue weighted by Crippen LogP contribution is -2.49. The Balaban J connectivity index is 1.20. The molecule has 5 N–H and O–H groups in total. The molecule has 9 atom stereocenters. The Morgan fingerprint density at radius 3 is 2.43 bits per heavy atom. The molecule has 0 bridgehead atoms. The van der Waals surface area contributed by atoms with Crippen molar-refractivity contribution in [3.8, 4) is 6.07 Å². The number of nitrogens with zero attached hydrogens (tertiary/aromatic N) is 8. The number of amides is 2. The lowest BCUT2D eigenvalue weighted by Gasteiger charge is -2.41. The molecular formula is C41H53FN11O12PSi. The standard InChI is InChI=1S/C41H53FN11O12PSi/c1-22(2)36(55)50-40-49-35-29(38(57)51-40)47-20-52(35)25-16-24(17-54)30(65-67(6,7)41(3,4)5)31(25)64-66(59,60-15-11-14-43)61-18-26-32(63-58)27(42)39(62-26)53-21-46-28-33(44-19-45-34(28)53)48-37(56)23-12-9-8-10-13-23/h8-10,12-13,19-22,24-27,30-32,39,54,58H,11,15-18H2,1-7H3,(H,44,45,48,56)(H2,49,50,51,55,57)/t24-,25-,26-,27-,30-,31+,32-,39-,66?/m1/s1. The molecule has 1 unspecified atom stereocenters. The Labute approximate surface area is 384 Å². The average Bonchev–Trinajstić information content (AvgIpc) is 4.06. The maximum atomic E-state index is 16.3. The number of imidazole rings is 2. The number of halogens is 1. The minimum absolute atomic E-state index is 0.0255. The zero-order valence-corrected chi connectivity index (χ0v) is 39.6. The molecule has 1 aromatic carbocycles. The second-order valence-corrected chi connectivity index (χ2v) is 24.3. The summed E-state index contributed by atoms with van der Waals surface area (Å²) >= 11 is 0. The molecule has 1 saturated carbocycles. The molecule has 2 fully saturated rings. The van der Waals surface area contributed by atoms with Crippen molar-refractivity contribution in [2.75, 3.05) is 30.5 Å². The third kappa shape index (κ3) is 10.4. The van der Waals surface area contributed by atoms with Gasteiger partial charge in [0.1, 0.15) is 18.5 Å². The summed E-state index contributed by atoms with van der Waals surface area (Å²) in [4.78, 5) is 67.4. The number of carbonyl (C=O) groups is 2. The number of alkyl halides is 1. The number of hydrogen-bond acceptors (Lipinski definition) is 18. The van der Waals surface area contributed by atoms with E-state index in [2.05, 4.69) is 45.4 Å². The minimum Gasteiger partial charge on any atom is -0.411 e. The van der Waals surface area contributed by atoms with E-state index < -0.39 is 108 Å². The van der Waals surface area contributed by atoms with E-state index in [9.17, 15) is 30.0 Å². The number of hydrogen-bond donors (Lipinski definition) is 5. The third-order valence-electron chi connectivity index (χ3n) is 12.1.